The molecule has 6 nitrogen and oxygen atoms in total. The van der Waals surface area contributed by atoms with Gasteiger partial charge in [-0.15, -0.1) is 0 Å². The van der Waals surface area contributed by atoms with Crippen LogP contribution in [0.3, 0.4) is 0 Å². The lowest BCUT2D eigenvalue weighted by Gasteiger charge is -2.21. The van der Waals surface area contributed by atoms with Crippen molar-refractivity contribution in [2.75, 3.05) is 26.7 Å². The second-order valence-electron chi connectivity index (χ2n) is 4.83. The van der Waals surface area contributed by atoms with Crippen molar-refractivity contribution in [1.29, 1.82) is 0 Å². The molecule has 0 spiro atoms. The Bertz CT molecular complexity index is 455. The molecule has 0 aromatic heterocycles. The van der Waals surface area contributed by atoms with E-state index in [0.717, 1.165) is 12.0 Å². The third-order valence-electron chi connectivity index (χ3n) is 3.21. The van der Waals surface area contributed by atoms with E-state index in [1.54, 1.807) is 6.92 Å². The van der Waals surface area contributed by atoms with Gasteiger partial charge >= 0.3 is 0 Å². The average Bonchev–Trinajstić information content (AvgIpc) is 2.97. The predicted octanol–water partition coefficient (Wildman–Crippen LogP) is 0.364. The van der Waals surface area contributed by atoms with Gasteiger partial charge in [-0.3, -0.25) is 14.4 Å². The average molecular weight is 293 g/mol. The second-order valence-corrected chi connectivity index (χ2v) is 4.83. The number of amides is 3. The Balaban J connectivity index is 2.33. The first-order chi connectivity index (χ1) is 10.1. The maximum absolute atomic E-state index is 11.7. The molecule has 0 atom stereocenters. The summed E-state index contributed by atoms with van der Waals surface area (Å²) in [4.78, 5) is 36.3. The molecule has 2 N–H and O–H groups in total. The van der Waals surface area contributed by atoms with Crippen molar-refractivity contribution in [3.05, 3.63) is 23.8 Å². The van der Waals surface area contributed by atoms with E-state index in [0.29, 0.717) is 25.9 Å². The van der Waals surface area contributed by atoms with Gasteiger partial charge in [0, 0.05) is 33.0 Å². The van der Waals surface area contributed by atoms with E-state index in [9.17, 15) is 14.4 Å². The lowest BCUT2D eigenvalue weighted by molar-refractivity contribution is -0.135. The third kappa shape index (κ3) is 6.25. The molecular weight excluding hydrogens is 270 g/mol. The SMILES string of the molecule is CCC(=O)N(CCNC(=O)CC1=CC=CC1)CC(=O)NC. The zero-order valence-electron chi connectivity index (χ0n) is 12.6. The minimum atomic E-state index is -0.217. The van der Waals surface area contributed by atoms with Crippen LogP contribution in [0.2, 0.25) is 0 Å². The lowest BCUT2D eigenvalue weighted by Crippen LogP contribution is -2.43. The van der Waals surface area contributed by atoms with E-state index in [2.05, 4.69) is 10.6 Å². The highest BCUT2D eigenvalue weighted by molar-refractivity contribution is 5.84. The van der Waals surface area contributed by atoms with E-state index in [-0.39, 0.29) is 24.3 Å². The first-order valence-electron chi connectivity index (χ1n) is 7.16. The van der Waals surface area contributed by atoms with Gasteiger partial charge < -0.3 is 15.5 Å². The van der Waals surface area contributed by atoms with Crippen molar-refractivity contribution in [2.45, 2.75) is 26.2 Å². The van der Waals surface area contributed by atoms with Gasteiger partial charge in [0.15, 0.2) is 0 Å². The first-order valence-corrected chi connectivity index (χ1v) is 7.16. The summed E-state index contributed by atoms with van der Waals surface area (Å²) in [6.07, 6.45) is 7.43. The van der Waals surface area contributed by atoms with Crippen LogP contribution in [0.4, 0.5) is 0 Å². The normalized spacial score (nSPS) is 12.8. The van der Waals surface area contributed by atoms with E-state index in [4.69, 9.17) is 0 Å². The summed E-state index contributed by atoms with van der Waals surface area (Å²) < 4.78 is 0. The van der Waals surface area contributed by atoms with E-state index >= 15 is 0 Å². The molecule has 116 valence electrons. The highest BCUT2D eigenvalue weighted by Gasteiger charge is 2.15. The zero-order chi connectivity index (χ0) is 15.7. The molecule has 0 saturated heterocycles. The largest absolute Gasteiger partial charge is 0.358 e. The molecule has 1 rings (SSSR count). The number of nitrogens with one attached hydrogen (secondary N) is 2. The first kappa shape index (κ1) is 16.9. The number of carbonyl (C=O) groups is 3. The third-order valence-corrected chi connectivity index (χ3v) is 3.21. The highest BCUT2D eigenvalue weighted by atomic mass is 16.2. The van der Waals surface area contributed by atoms with Crippen LogP contribution in [-0.4, -0.2) is 49.3 Å². The molecule has 1 aliphatic carbocycles. The molecule has 0 heterocycles. The minimum Gasteiger partial charge on any atom is -0.358 e. The summed E-state index contributed by atoms with van der Waals surface area (Å²) in [5, 5.41) is 5.26. The molecule has 0 radical (unpaired) electrons. The Morgan fingerprint density at radius 2 is 2.05 bits per heavy atom. The molecule has 21 heavy (non-hydrogen) atoms. The van der Waals surface area contributed by atoms with Crippen molar-refractivity contribution >= 4 is 17.7 Å². The van der Waals surface area contributed by atoms with Crippen LogP contribution < -0.4 is 10.6 Å². The van der Waals surface area contributed by atoms with E-state index in [1.807, 2.05) is 18.2 Å². The summed E-state index contributed by atoms with van der Waals surface area (Å²) >= 11 is 0. The molecule has 6 heteroatoms. The van der Waals surface area contributed by atoms with Gasteiger partial charge in [0.2, 0.25) is 17.7 Å². The van der Waals surface area contributed by atoms with Crippen LogP contribution in [0.25, 0.3) is 0 Å². The van der Waals surface area contributed by atoms with Crippen LogP contribution in [0.1, 0.15) is 26.2 Å². The fraction of sp³-hybridized carbons (Fsp3) is 0.533. The number of nitrogens with zero attached hydrogens (tertiary/aromatic N) is 1. The number of hydrogen-bond acceptors (Lipinski definition) is 3. The van der Waals surface area contributed by atoms with Gasteiger partial charge in [-0.25, -0.2) is 0 Å². The van der Waals surface area contributed by atoms with Gasteiger partial charge in [-0.2, -0.15) is 0 Å². The molecule has 1 aliphatic rings. The monoisotopic (exact) mass is 293 g/mol. The summed E-state index contributed by atoms with van der Waals surface area (Å²) in [6.45, 7) is 2.46. The van der Waals surface area contributed by atoms with Crippen LogP contribution in [0.15, 0.2) is 23.8 Å². The van der Waals surface area contributed by atoms with Crippen molar-refractivity contribution in [3.63, 3.8) is 0 Å². The van der Waals surface area contributed by atoms with Gasteiger partial charge in [0.1, 0.15) is 0 Å². The smallest absolute Gasteiger partial charge is 0.239 e. The zero-order valence-corrected chi connectivity index (χ0v) is 12.6. The second kappa shape index (κ2) is 8.94. The van der Waals surface area contributed by atoms with Crippen molar-refractivity contribution in [2.24, 2.45) is 0 Å². The molecule has 0 fully saturated rings. The lowest BCUT2D eigenvalue weighted by atomic mass is 10.1. The molecule has 0 aliphatic heterocycles. The maximum Gasteiger partial charge on any atom is 0.239 e. The molecule has 0 aromatic carbocycles. The molecular formula is C15H23N3O3. The van der Waals surface area contributed by atoms with Crippen LogP contribution in [0, 0.1) is 0 Å². The summed E-state index contributed by atoms with van der Waals surface area (Å²) in [5.74, 6) is -0.380. The topological polar surface area (TPSA) is 78.5 Å². The Morgan fingerprint density at radius 1 is 1.29 bits per heavy atom. The maximum atomic E-state index is 11.7. The van der Waals surface area contributed by atoms with E-state index in [1.165, 1.54) is 11.9 Å². The van der Waals surface area contributed by atoms with Crippen LogP contribution in [0.5, 0.6) is 0 Å². The Kier molecular flexibility index (Phi) is 7.21. The van der Waals surface area contributed by atoms with Gasteiger partial charge in [-0.1, -0.05) is 30.7 Å². The highest BCUT2D eigenvalue weighted by Crippen LogP contribution is 2.13. The van der Waals surface area contributed by atoms with E-state index < -0.39 is 0 Å². The van der Waals surface area contributed by atoms with Gasteiger partial charge in [-0.05, 0) is 6.42 Å². The summed E-state index contributed by atoms with van der Waals surface area (Å²) in [7, 11) is 1.53. The number of hydrogen-bond donors (Lipinski definition) is 2. The van der Waals surface area contributed by atoms with Gasteiger partial charge in [0.05, 0.1) is 6.54 Å². The van der Waals surface area contributed by atoms with Crippen LogP contribution in [-0.2, 0) is 14.4 Å². The molecule has 0 aromatic rings. The number of likely N-dealkylation sites (N-methyl/N-ethyl adjacent to an activating group) is 1. The minimum absolute atomic E-state index is 0.0219. The summed E-state index contributed by atoms with van der Waals surface area (Å²) in [5.41, 5.74) is 1.08. The summed E-state index contributed by atoms with van der Waals surface area (Å²) in [6, 6.07) is 0. The molecule has 0 bridgehead atoms. The molecule has 0 unspecified atom stereocenters. The number of carbonyl (C=O) groups excluding carboxylic acids is 3. The fourth-order valence-electron chi connectivity index (χ4n) is 1.99. The Labute approximate surface area is 125 Å². The number of rotatable bonds is 8. The Morgan fingerprint density at radius 3 is 2.62 bits per heavy atom. The van der Waals surface area contributed by atoms with Crippen molar-refractivity contribution < 1.29 is 14.4 Å². The molecule has 0 saturated carbocycles. The van der Waals surface area contributed by atoms with Crippen LogP contribution >= 0.6 is 0 Å². The quantitative estimate of drug-likeness (QED) is 0.678. The Hall–Kier alpha value is -2.11. The fourth-order valence-corrected chi connectivity index (χ4v) is 1.99. The molecule has 3 amide bonds. The van der Waals surface area contributed by atoms with Gasteiger partial charge in [0.25, 0.3) is 0 Å². The standard InChI is InChI=1S/C15H23N3O3/c1-3-15(21)18(11-14(20)16-2)9-8-17-13(19)10-12-6-4-5-7-12/h4-6H,3,7-11H2,1-2H3,(H,16,20)(H,17,19). The predicted molar refractivity (Wildman–Crippen MR) is 80.4 cm³/mol. The number of allylic oxidation sites excluding steroid dienone is 3. The van der Waals surface area contributed by atoms with Crippen molar-refractivity contribution in [1.82, 2.24) is 15.5 Å². The van der Waals surface area contributed by atoms with Crippen molar-refractivity contribution in [3.8, 4) is 0 Å².